The van der Waals surface area contributed by atoms with Crippen molar-refractivity contribution in [2.75, 3.05) is 0 Å². The maximum absolute atomic E-state index is 13.5. The van der Waals surface area contributed by atoms with Gasteiger partial charge in [-0.15, -0.1) is 0 Å². The minimum atomic E-state index is -1.00. The van der Waals surface area contributed by atoms with E-state index in [4.69, 9.17) is 4.74 Å². The number of esters is 1. The lowest BCUT2D eigenvalue weighted by Gasteiger charge is -2.13. The molecule has 0 radical (unpaired) electrons. The summed E-state index contributed by atoms with van der Waals surface area (Å²) in [6.07, 6.45) is -1.00. The van der Waals surface area contributed by atoms with Crippen molar-refractivity contribution in [1.29, 1.82) is 0 Å². The van der Waals surface area contributed by atoms with Crippen LogP contribution in [0.15, 0.2) is 54.6 Å². The van der Waals surface area contributed by atoms with E-state index in [0.29, 0.717) is 6.54 Å². The molecule has 4 nitrogen and oxygen atoms in total. The zero-order valence-electron chi connectivity index (χ0n) is 12.1. The van der Waals surface area contributed by atoms with Crippen LogP contribution in [0.2, 0.25) is 0 Å². The van der Waals surface area contributed by atoms with Crippen molar-refractivity contribution in [1.82, 2.24) is 5.32 Å². The quantitative estimate of drug-likeness (QED) is 0.864. The Morgan fingerprint density at radius 3 is 2.41 bits per heavy atom. The molecule has 2 aromatic rings. The Labute approximate surface area is 127 Å². The van der Waals surface area contributed by atoms with Gasteiger partial charge in [0.25, 0.3) is 5.91 Å². The third-order valence-corrected chi connectivity index (χ3v) is 3.06. The van der Waals surface area contributed by atoms with Crippen molar-refractivity contribution >= 4 is 11.9 Å². The normalized spacial score (nSPS) is 11.5. The molecular weight excluding hydrogens is 285 g/mol. The fourth-order valence-corrected chi connectivity index (χ4v) is 1.83. The van der Waals surface area contributed by atoms with Crippen LogP contribution in [-0.2, 0) is 16.1 Å². The number of rotatable bonds is 5. The molecule has 114 valence electrons. The molecule has 1 N–H and O–H groups in total. The molecule has 0 aliphatic rings. The molecule has 0 unspecified atom stereocenters. The maximum atomic E-state index is 13.5. The molecule has 0 saturated carbocycles. The van der Waals surface area contributed by atoms with Crippen LogP contribution in [0.1, 0.15) is 22.8 Å². The molecular formula is C17H16FNO3. The van der Waals surface area contributed by atoms with Crippen molar-refractivity contribution in [3.8, 4) is 0 Å². The minimum absolute atomic E-state index is 0.190. The first-order valence-corrected chi connectivity index (χ1v) is 6.85. The molecule has 0 aromatic heterocycles. The SMILES string of the molecule is C[C@@H](OC(=O)c1ccccc1F)C(=O)NCc1ccccc1. The number of nitrogens with one attached hydrogen (secondary N) is 1. The second kappa shape index (κ2) is 7.36. The Morgan fingerprint density at radius 1 is 1.09 bits per heavy atom. The smallest absolute Gasteiger partial charge is 0.341 e. The van der Waals surface area contributed by atoms with Gasteiger partial charge in [-0.05, 0) is 24.6 Å². The van der Waals surface area contributed by atoms with Crippen molar-refractivity contribution < 1.29 is 18.7 Å². The van der Waals surface area contributed by atoms with E-state index in [0.717, 1.165) is 11.6 Å². The average Bonchev–Trinajstić information content (AvgIpc) is 2.53. The lowest BCUT2D eigenvalue weighted by atomic mass is 10.2. The summed E-state index contributed by atoms with van der Waals surface area (Å²) in [4.78, 5) is 23.7. The molecule has 2 rings (SSSR count). The Kier molecular flexibility index (Phi) is 5.25. The van der Waals surface area contributed by atoms with Crippen molar-refractivity contribution in [2.24, 2.45) is 0 Å². The fraction of sp³-hybridized carbons (Fsp3) is 0.176. The highest BCUT2D eigenvalue weighted by Crippen LogP contribution is 2.09. The highest BCUT2D eigenvalue weighted by Gasteiger charge is 2.20. The second-order valence-electron chi connectivity index (χ2n) is 4.73. The molecule has 1 atom stereocenters. The summed E-state index contributed by atoms with van der Waals surface area (Å²) in [5.74, 6) is -1.97. The van der Waals surface area contributed by atoms with Gasteiger partial charge in [-0.3, -0.25) is 4.79 Å². The Hall–Kier alpha value is -2.69. The van der Waals surface area contributed by atoms with Gasteiger partial charge in [0.1, 0.15) is 5.82 Å². The van der Waals surface area contributed by atoms with Crippen LogP contribution in [0.3, 0.4) is 0 Å². The van der Waals surface area contributed by atoms with Crippen molar-refractivity contribution in [3.63, 3.8) is 0 Å². The topological polar surface area (TPSA) is 55.4 Å². The van der Waals surface area contributed by atoms with Gasteiger partial charge in [0.2, 0.25) is 0 Å². The minimum Gasteiger partial charge on any atom is -0.449 e. The summed E-state index contributed by atoms with van der Waals surface area (Å²) in [7, 11) is 0. The number of hydrogen-bond acceptors (Lipinski definition) is 3. The first-order valence-electron chi connectivity index (χ1n) is 6.85. The largest absolute Gasteiger partial charge is 0.449 e. The van der Waals surface area contributed by atoms with E-state index in [1.807, 2.05) is 30.3 Å². The standard InChI is InChI=1S/C17H16FNO3/c1-12(16(20)19-11-13-7-3-2-4-8-13)22-17(21)14-9-5-6-10-15(14)18/h2-10,12H,11H2,1H3,(H,19,20)/t12-/m1/s1. The van der Waals surface area contributed by atoms with E-state index in [-0.39, 0.29) is 5.56 Å². The number of benzene rings is 2. The summed E-state index contributed by atoms with van der Waals surface area (Å²) in [5, 5.41) is 2.66. The third kappa shape index (κ3) is 4.15. The average molecular weight is 301 g/mol. The first kappa shape index (κ1) is 15.7. The van der Waals surface area contributed by atoms with Crippen LogP contribution in [0.25, 0.3) is 0 Å². The van der Waals surface area contributed by atoms with E-state index < -0.39 is 23.8 Å². The maximum Gasteiger partial charge on any atom is 0.341 e. The predicted molar refractivity (Wildman–Crippen MR) is 79.6 cm³/mol. The molecule has 22 heavy (non-hydrogen) atoms. The molecule has 0 saturated heterocycles. The summed E-state index contributed by atoms with van der Waals surface area (Å²) in [6.45, 7) is 1.78. The zero-order chi connectivity index (χ0) is 15.9. The van der Waals surface area contributed by atoms with E-state index in [1.165, 1.54) is 25.1 Å². The summed E-state index contributed by atoms with van der Waals surface area (Å²) < 4.78 is 18.4. The van der Waals surface area contributed by atoms with Gasteiger partial charge in [0.15, 0.2) is 6.10 Å². The molecule has 0 bridgehead atoms. The molecule has 5 heteroatoms. The van der Waals surface area contributed by atoms with E-state index in [1.54, 1.807) is 0 Å². The van der Waals surface area contributed by atoms with Crippen LogP contribution in [-0.4, -0.2) is 18.0 Å². The predicted octanol–water partition coefficient (Wildman–Crippen LogP) is 2.69. The molecule has 0 heterocycles. The highest BCUT2D eigenvalue weighted by molar-refractivity contribution is 5.92. The lowest BCUT2D eigenvalue weighted by Crippen LogP contribution is -2.35. The van der Waals surface area contributed by atoms with Gasteiger partial charge >= 0.3 is 5.97 Å². The van der Waals surface area contributed by atoms with Gasteiger partial charge in [-0.2, -0.15) is 0 Å². The van der Waals surface area contributed by atoms with Gasteiger partial charge in [-0.1, -0.05) is 42.5 Å². The number of hydrogen-bond donors (Lipinski definition) is 1. The number of carbonyl (C=O) groups is 2. The first-order chi connectivity index (χ1) is 10.6. The zero-order valence-corrected chi connectivity index (χ0v) is 12.1. The van der Waals surface area contributed by atoms with Crippen LogP contribution in [0.4, 0.5) is 4.39 Å². The molecule has 0 aliphatic carbocycles. The summed E-state index contributed by atoms with van der Waals surface area (Å²) >= 11 is 0. The van der Waals surface area contributed by atoms with Crippen molar-refractivity contribution in [2.45, 2.75) is 19.6 Å². The molecule has 0 fully saturated rings. The second-order valence-corrected chi connectivity index (χ2v) is 4.73. The number of amides is 1. The third-order valence-electron chi connectivity index (χ3n) is 3.06. The monoisotopic (exact) mass is 301 g/mol. The van der Waals surface area contributed by atoms with Crippen LogP contribution >= 0.6 is 0 Å². The Bertz CT molecular complexity index is 658. The number of carbonyl (C=O) groups excluding carboxylic acids is 2. The lowest BCUT2D eigenvalue weighted by molar-refractivity contribution is -0.129. The van der Waals surface area contributed by atoms with Gasteiger partial charge in [0, 0.05) is 6.54 Å². The number of ether oxygens (including phenoxy) is 1. The highest BCUT2D eigenvalue weighted by atomic mass is 19.1. The summed E-state index contributed by atoms with van der Waals surface area (Å²) in [6, 6.07) is 14.8. The number of halogens is 1. The van der Waals surface area contributed by atoms with E-state index >= 15 is 0 Å². The molecule has 0 spiro atoms. The van der Waals surface area contributed by atoms with E-state index in [9.17, 15) is 14.0 Å². The van der Waals surface area contributed by atoms with Gasteiger partial charge < -0.3 is 10.1 Å². The Balaban J connectivity index is 1.89. The molecule has 2 aromatic carbocycles. The van der Waals surface area contributed by atoms with Crippen LogP contribution in [0.5, 0.6) is 0 Å². The van der Waals surface area contributed by atoms with Crippen molar-refractivity contribution in [3.05, 3.63) is 71.5 Å². The molecule has 1 amide bonds. The Morgan fingerprint density at radius 2 is 1.73 bits per heavy atom. The fourth-order valence-electron chi connectivity index (χ4n) is 1.83. The molecule has 0 aliphatic heterocycles. The van der Waals surface area contributed by atoms with Crippen LogP contribution in [0, 0.1) is 5.82 Å². The van der Waals surface area contributed by atoms with Crippen LogP contribution < -0.4 is 5.32 Å². The van der Waals surface area contributed by atoms with Gasteiger partial charge in [-0.25, -0.2) is 9.18 Å². The van der Waals surface area contributed by atoms with E-state index in [2.05, 4.69) is 5.32 Å². The summed E-state index contributed by atoms with van der Waals surface area (Å²) in [5.41, 5.74) is 0.744. The van der Waals surface area contributed by atoms with Gasteiger partial charge in [0.05, 0.1) is 5.56 Å².